The molecular formula is C21H19N5O3S. The van der Waals surface area contributed by atoms with E-state index < -0.39 is 0 Å². The van der Waals surface area contributed by atoms with Crippen LogP contribution in [0.5, 0.6) is 0 Å². The summed E-state index contributed by atoms with van der Waals surface area (Å²) in [6.07, 6.45) is 1.46. The zero-order valence-corrected chi connectivity index (χ0v) is 17.5. The van der Waals surface area contributed by atoms with Crippen LogP contribution in [0.15, 0.2) is 47.0 Å². The molecule has 0 fully saturated rings. The molecule has 0 saturated carbocycles. The summed E-state index contributed by atoms with van der Waals surface area (Å²) < 4.78 is 5.44. The van der Waals surface area contributed by atoms with Crippen molar-refractivity contribution in [2.45, 2.75) is 27.3 Å². The molecule has 0 atom stereocenters. The van der Waals surface area contributed by atoms with E-state index in [0.717, 1.165) is 21.0 Å². The minimum atomic E-state index is -0.347. The van der Waals surface area contributed by atoms with Crippen LogP contribution in [-0.2, 0) is 6.54 Å². The number of nitrogens with zero attached hydrogens (tertiary/aromatic N) is 4. The largest absolute Gasteiger partial charge is 0.456 e. The van der Waals surface area contributed by atoms with Gasteiger partial charge in [-0.3, -0.25) is 9.59 Å². The number of Topliss-reactive ketones (excluding diaryl/α,β-unsaturated/α-hetero) is 1. The van der Waals surface area contributed by atoms with E-state index in [1.165, 1.54) is 29.3 Å². The topological polar surface area (TPSA) is 103 Å². The number of hydrogen-bond donors (Lipinski definition) is 1. The lowest BCUT2D eigenvalue weighted by molar-refractivity contribution is 0.0983. The molecule has 8 nitrogen and oxygen atoms in total. The zero-order valence-electron chi connectivity index (χ0n) is 16.7. The SMILES string of the molecule is CC(=O)c1ccc(Cn2ncc(NC(=O)c3nc(C)sc3-c3cccc(C)c3)n2)o1. The number of benzene rings is 1. The van der Waals surface area contributed by atoms with Gasteiger partial charge >= 0.3 is 0 Å². The van der Waals surface area contributed by atoms with E-state index in [0.29, 0.717) is 17.3 Å². The van der Waals surface area contributed by atoms with Crippen molar-refractivity contribution in [3.63, 3.8) is 0 Å². The highest BCUT2D eigenvalue weighted by Gasteiger charge is 2.20. The maximum Gasteiger partial charge on any atom is 0.277 e. The molecule has 30 heavy (non-hydrogen) atoms. The van der Waals surface area contributed by atoms with Gasteiger partial charge in [-0.2, -0.15) is 9.90 Å². The lowest BCUT2D eigenvalue weighted by Crippen LogP contribution is -2.14. The van der Waals surface area contributed by atoms with Gasteiger partial charge in [-0.15, -0.1) is 16.4 Å². The summed E-state index contributed by atoms with van der Waals surface area (Å²) in [5.74, 6) is 0.642. The van der Waals surface area contributed by atoms with Crippen molar-refractivity contribution < 1.29 is 14.0 Å². The van der Waals surface area contributed by atoms with Gasteiger partial charge in [0.25, 0.3) is 5.91 Å². The van der Waals surface area contributed by atoms with E-state index in [1.807, 2.05) is 38.1 Å². The minimum Gasteiger partial charge on any atom is -0.456 e. The number of aromatic nitrogens is 4. The van der Waals surface area contributed by atoms with E-state index in [2.05, 4.69) is 20.5 Å². The number of aryl methyl sites for hydroxylation is 2. The van der Waals surface area contributed by atoms with Crippen LogP contribution in [0, 0.1) is 13.8 Å². The molecule has 1 aromatic carbocycles. The van der Waals surface area contributed by atoms with Crippen molar-refractivity contribution in [3.05, 3.63) is 70.4 Å². The Morgan fingerprint density at radius 1 is 1.20 bits per heavy atom. The molecule has 0 aliphatic rings. The molecule has 0 aliphatic carbocycles. The summed E-state index contributed by atoms with van der Waals surface area (Å²) in [6, 6.07) is 11.3. The Kier molecular flexibility index (Phi) is 5.28. The summed E-state index contributed by atoms with van der Waals surface area (Å²) in [6.45, 7) is 5.56. The third-order valence-electron chi connectivity index (χ3n) is 4.31. The third kappa shape index (κ3) is 4.20. The smallest absolute Gasteiger partial charge is 0.277 e. The number of carbonyl (C=O) groups excluding carboxylic acids is 2. The quantitative estimate of drug-likeness (QED) is 0.470. The number of carbonyl (C=O) groups is 2. The molecule has 0 radical (unpaired) electrons. The highest BCUT2D eigenvalue weighted by atomic mass is 32.1. The van der Waals surface area contributed by atoms with Crippen LogP contribution >= 0.6 is 11.3 Å². The molecule has 1 amide bonds. The second-order valence-corrected chi connectivity index (χ2v) is 8.02. The number of thiazole rings is 1. The van der Waals surface area contributed by atoms with E-state index in [-0.39, 0.29) is 24.0 Å². The molecule has 0 spiro atoms. The molecule has 3 heterocycles. The Bertz CT molecular complexity index is 1240. The Morgan fingerprint density at radius 3 is 2.77 bits per heavy atom. The van der Waals surface area contributed by atoms with Gasteiger partial charge in [0.15, 0.2) is 17.4 Å². The number of anilines is 1. The standard InChI is InChI=1S/C21H19N5O3S/c1-12-5-4-6-15(9-12)20-19(23-14(3)30-20)21(28)24-18-10-22-26(25-18)11-16-7-8-17(29-16)13(2)27/h4-10H,11H2,1-3H3,(H,24,25,28). The van der Waals surface area contributed by atoms with Gasteiger partial charge in [0.05, 0.1) is 16.1 Å². The second-order valence-electron chi connectivity index (χ2n) is 6.82. The van der Waals surface area contributed by atoms with E-state index >= 15 is 0 Å². The molecular weight excluding hydrogens is 402 g/mol. The van der Waals surface area contributed by atoms with Crippen molar-refractivity contribution in [1.29, 1.82) is 0 Å². The van der Waals surface area contributed by atoms with Crippen molar-refractivity contribution >= 4 is 28.8 Å². The molecule has 0 bridgehead atoms. The summed E-state index contributed by atoms with van der Waals surface area (Å²) in [5, 5.41) is 11.9. The summed E-state index contributed by atoms with van der Waals surface area (Å²) >= 11 is 1.47. The number of hydrogen-bond acceptors (Lipinski definition) is 7. The number of amides is 1. The number of nitrogens with one attached hydrogen (secondary N) is 1. The predicted molar refractivity (Wildman–Crippen MR) is 113 cm³/mol. The molecule has 0 aliphatic heterocycles. The molecule has 4 rings (SSSR count). The van der Waals surface area contributed by atoms with Crippen molar-refractivity contribution in [2.24, 2.45) is 0 Å². The first-order valence-electron chi connectivity index (χ1n) is 9.24. The van der Waals surface area contributed by atoms with Gasteiger partial charge in [-0.1, -0.05) is 29.8 Å². The average Bonchev–Trinajstić information content (AvgIpc) is 3.42. The van der Waals surface area contributed by atoms with Gasteiger partial charge in [0.2, 0.25) is 0 Å². The minimum absolute atomic E-state index is 0.148. The maximum absolute atomic E-state index is 12.9. The monoisotopic (exact) mass is 421 g/mol. The molecule has 9 heteroatoms. The lowest BCUT2D eigenvalue weighted by atomic mass is 10.1. The highest BCUT2D eigenvalue weighted by Crippen LogP contribution is 2.31. The van der Waals surface area contributed by atoms with Crippen LogP contribution in [-0.4, -0.2) is 31.7 Å². The Hall–Kier alpha value is -3.59. The fraction of sp³-hybridized carbons (Fsp3) is 0.190. The van der Waals surface area contributed by atoms with Crippen molar-refractivity contribution in [3.8, 4) is 10.4 Å². The van der Waals surface area contributed by atoms with E-state index in [9.17, 15) is 9.59 Å². The summed E-state index contributed by atoms with van der Waals surface area (Å²) in [5.41, 5.74) is 2.42. The molecule has 0 saturated heterocycles. The maximum atomic E-state index is 12.9. The fourth-order valence-electron chi connectivity index (χ4n) is 2.96. The second kappa shape index (κ2) is 8.03. The normalized spacial score (nSPS) is 10.9. The van der Waals surface area contributed by atoms with Crippen molar-refractivity contribution in [1.82, 2.24) is 20.0 Å². The van der Waals surface area contributed by atoms with Gasteiger partial charge in [0.1, 0.15) is 18.0 Å². The molecule has 152 valence electrons. The van der Waals surface area contributed by atoms with Crippen LogP contribution in [0.2, 0.25) is 0 Å². The highest BCUT2D eigenvalue weighted by molar-refractivity contribution is 7.15. The first-order chi connectivity index (χ1) is 14.4. The fourth-order valence-corrected chi connectivity index (χ4v) is 3.87. The Balaban J connectivity index is 1.50. The zero-order chi connectivity index (χ0) is 21.3. The molecule has 0 unspecified atom stereocenters. The van der Waals surface area contributed by atoms with Gasteiger partial charge in [-0.05, 0) is 31.5 Å². The first-order valence-corrected chi connectivity index (χ1v) is 10.1. The van der Waals surface area contributed by atoms with Gasteiger partial charge < -0.3 is 9.73 Å². The van der Waals surface area contributed by atoms with Gasteiger partial charge in [-0.25, -0.2) is 4.98 Å². The number of rotatable bonds is 6. The molecule has 4 aromatic rings. The third-order valence-corrected chi connectivity index (χ3v) is 5.33. The molecule has 3 aromatic heterocycles. The van der Waals surface area contributed by atoms with E-state index in [4.69, 9.17) is 4.42 Å². The Labute approximate surface area is 176 Å². The Morgan fingerprint density at radius 2 is 2.03 bits per heavy atom. The van der Waals surface area contributed by atoms with Crippen molar-refractivity contribution in [2.75, 3.05) is 5.32 Å². The van der Waals surface area contributed by atoms with Gasteiger partial charge in [0, 0.05) is 6.92 Å². The lowest BCUT2D eigenvalue weighted by Gasteiger charge is -2.04. The summed E-state index contributed by atoms with van der Waals surface area (Å²) in [4.78, 5) is 30.8. The van der Waals surface area contributed by atoms with Crippen LogP contribution < -0.4 is 5.32 Å². The number of furan rings is 1. The molecule has 1 N–H and O–H groups in total. The van der Waals surface area contributed by atoms with Crippen LogP contribution in [0.25, 0.3) is 10.4 Å². The van der Waals surface area contributed by atoms with Crippen LogP contribution in [0.4, 0.5) is 5.82 Å². The van der Waals surface area contributed by atoms with Crippen LogP contribution in [0.1, 0.15) is 44.3 Å². The average molecular weight is 421 g/mol. The van der Waals surface area contributed by atoms with E-state index in [1.54, 1.807) is 12.1 Å². The summed E-state index contributed by atoms with van der Waals surface area (Å²) in [7, 11) is 0. The predicted octanol–water partition coefficient (Wildman–Crippen LogP) is 4.11. The first kappa shape index (κ1) is 19.7. The number of ketones is 1. The van der Waals surface area contributed by atoms with Crippen LogP contribution in [0.3, 0.4) is 0 Å².